The van der Waals surface area contributed by atoms with Crippen molar-refractivity contribution in [2.75, 3.05) is 13.3 Å². The summed E-state index contributed by atoms with van der Waals surface area (Å²) in [4.78, 5) is 9.20. The fraction of sp³-hybridized carbons (Fsp3) is 1.00. The van der Waals surface area contributed by atoms with Crippen LogP contribution >= 0.6 is 6.49 Å². The van der Waals surface area contributed by atoms with Crippen molar-refractivity contribution in [2.24, 2.45) is 0 Å². The number of rotatable bonds is 3. The van der Waals surface area contributed by atoms with Gasteiger partial charge in [0.1, 0.15) is 18.3 Å². The molecule has 7 heteroatoms. The Hall–Kier alpha value is 0.450. The molecule has 1 aliphatic heterocycles. The monoisotopic (exact) mass is 242 g/mol. The van der Waals surface area contributed by atoms with Gasteiger partial charge in [-0.2, -0.15) is 0 Å². The van der Waals surface area contributed by atoms with Crippen molar-refractivity contribution in [1.29, 1.82) is 0 Å². The van der Waals surface area contributed by atoms with Crippen molar-refractivity contribution in [1.82, 2.24) is 0 Å². The maximum absolute atomic E-state index is 9.47. The van der Waals surface area contributed by atoms with Crippen LogP contribution in [-0.2, 0) is 21.1 Å². The highest BCUT2D eigenvalue weighted by Crippen LogP contribution is 2.38. The summed E-state index contributed by atoms with van der Waals surface area (Å²) in [6, 6.07) is 0. The van der Waals surface area contributed by atoms with Crippen LogP contribution in [0.3, 0.4) is 0 Å². The van der Waals surface area contributed by atoms with Gasteiger partial charge in [0.2, 0.25) is 0 Å². The van der Waals surface area contributed by atoms with Gasteiger partial charge in [-0.3, -0.25) is 0 Å². The standard InChI is InChI=1S/C7H15O5PS/c1-4-6(8)7(9)5(12-4)3-11-13(2,10)14/h4-9H,3H2,1-2H3,(H,10,14)/t4-,5+,6?,7-,13?/m0/s1. The highest BCUT2D eigenvalue weighted by Gasteiger charge is 2.40. The molecule has 1 rings (SSSR count). The van der Waals surface area contributed by atoms with E-state index < -0.39 is 30.9 Å². The number of aliphatic hydroxyl groups excluding tert-OH is 2. The third-order valence-corrected chi connectivity index (χ3v) is 3.02. The SMILES string of the molecule is C[C@@H]1O[C@H](COP(C)(O)=S)[C@H](O)C1O. The molecule has 0 aromatic heterocycles. The molecule has 84 valence electrons. The van der Waals surface area contributed by atoms with Crippen LogP contribution in [0, 0.1) is 0 Å². The lowest BCUT2D eigenvalue weighted by molar-refractivity contribution is -0.0105. The van der Waals surface area contributed by atoms with E-state index >= 15 is 0 Å². The molecule has 0 radical (unpaired) electrons. The number of aliphatic hydroxyl groups is 2. The van der Waals surface area contributed by atoms with Crippen LogP contribution in [-0.4, -0.2) is 52.8 Å². The molecule has 1 saturated heterocycles. The van der Waals surface area contributed by atoms with Crippen LogP contribution in [0.2, 0.25) is 0 Å². The van der Waals surface area contributed by atoms with E-state index in [9.17, 15) is 15.1 Å². The van der Waals surface area contributed by atoms with Gasteiger partial charge >= 0.3 is 0 Å². The van der Waals surface area contributed by atoms with Gasteiger partial charge in [0.05, 0.1) is 12.7 Å². The van der Waals surface area contributed by atoms with E-state index in [1.807, 2.05) is 0 Å². The van der Waals surface area contributed by atoms with Crippen LogP contribution < -0.4 is 0 Å². The van der Waals surface area contributed by atoms with Crippen LogP contribution in [0.25, 0.3) is 0 Å². The molecule has 5 nitrogen and oxygen atoms in total. The highest BCUT2D eigenvalue weighted by molar-refractivity contribution is 8.09. The molecule has 5 atom stereocenters. The molecule has 14 heavy (non-hydrogen) atoms. The first-order valence-corrected chi connectivity index (χ1v) is 7.39. The third kappa shape index (κ3) is 3.24. The molecule has 1 fully saturated rings. The van der Waals surface area contributed by atoms with Gasteiger partial charge in [-0.25, -0.2) is 0 Å². The Balaban J connectivity index is 2.44. The summed E-state index contributed by atoms with van der Waals surface area (Å²) in [5.74, 6) is 0. The zero-order valence-corrected chi connectivity index (χ0v) is 9.74. The van der Waals surface area contributed by atoms with Crippen molar-refractivity contribution < 1.29 is 24.4 Å². The lowest BCUT2D eigenvalue weighted by atomic mass is 10.1. The van der Waals surface area contributed by atoms with E-state index in [4.69, 9.17) is 9.26 Å². The zero-order chi connectivity index (χ0) is 10.9. The van der Waals surface area contributed by atoms with E-state index in [-0.39, 0.29) is 6.61 Å². The van der Waals surface area contributed by atoms with E-state index in [0.29, 0.717) is 0 Å². The minimum atomic E-state index is -2.72. The minimum Gasteiger partial charge on any atom is -0.388 e. The first kappa shape index (κ1) is 12.5. The number of ether oxygens (including phenoxy) is 1. The van der Waals surface area contributed by atoms with Crippen molar-refractivity contribution >= 4 is 18.3 Å². The predicted molar refractivity (Wildman–Crippen MR) is 54.7 cm³/mol. The molecule has 2 unspecified atom stereocenters. The summed E-state index contributed by atoms with van der Waals surface area (Å²) in [5.41, 5.74) is 0. The van der Waals surface area contributed by atoms with Gasteiger partial charge in [0.25, 0.3) is 0 Å². The molecule has 0 spiro atoms. The summed E-state index contributed by atoms with van der Waals surface area (Å²) in [5, 5.41) is 18.8. The lowest BCUT2D eigenvalue weighted by Crippen LogP contribution is -2.33. The third-order valence-electron chi connectivity index (χ3n) is 2.08. The molecule has 0 aromatic rings. The van der Waals surface area contributed by atoms with Crippen molar-refractivity contribution in [3.05, 3.63) is 0 Å². The quantitative estimate of drug-likeness (QED) is 0.576. The van der Waals surface area contributed by atoms with Crippen LogP contribution in [0.4, 0.5) is 0 Å². The first-order valence-electron chi connectivity index (χ1n) is 4.27. The fourth-order valence-electron chi connectivity index (χ4n) is 1.28. The summed E-state index contributed by atoms with van der Waals surface area (Å²) in [7, 11) is 0. The first-order chi connectivity index (χ1) is 6.31. The maximum atomic E-state index is 9.47. The van der Waals surface area contributed by atoms with E-state index in [1.54, 1.807) is 6.92 Å². The van der Waals surface area contributed by atoms with Gasteiger partial charge < -0.3 is 24.4 Å². The summed E-state index contributed by atoms with van der Waals surface area (Å²) >= 11 is 4.66. The fourth-order valence-corrected chi connectivity index (χ4v) is 1.89. The summed E-state index contributed by atoms with van der Waals surface area (Å²) in [6.07, 6.45) is -2.93. The molecule has 1 aliphatic rings. The normalized spacial score (nSPS) is 42.4. The molecule has 0 bridgehead atoms. The lowest BCUT2D eigenvalue weighted by Gasteiger charge is -2.17. The maximum Gasteiger partial charge on any atom is 0.183 e. The predicted octanol–water partition coefficient (Wildman–Crippen LogP) is -0.556. The molecular formula is C7H15O5PS. The van der Waals surface area contributed by atoms with Gasteiger partial charge in [-0.1, -0.05) is 0 Å². The van der Waals surface area contributed by atoms with Crippen LogP contribution in [0.5, 0.6) is 0 Å². The molecule has 3 N–H and O–H groups in total. The number of hydrogen-bond donors (Lipinski definition) is 3. The van der Waals surface area contributed by atoms with Crippen molar-refractivity contribution in [3.8, 4) is 0 Å². The van der Waals surface area contributed by atoms with Crippen molar-refractivity contribution in [2.45, 2.75) is 31.3 Å². The van der Waals surface area contributed by atoms with E-state index in [2.05, 4.69) is 11.8 Å². The minimum absolute atomic E-state index is 0.00679. The molecular weight excluding hydrogens is 227 g/mol. The van der Waals surface area contributed by atoms with Crippen LogP contribution in [0.15, 0.2) is 0 Å². The molecule has 0 aliphatic carbocycles. The Morgan fingerprint density at radius 2 is 2.00 bits per heavy atom. The van der Waals surface area contributed by atoms with E-state index in [1.165, 1.54) is 6.66 Å². The average Bonchev–Trinajstić information content (AvgIpc) is 2.28. The Morgan fingerprint density at radius 1 is 1.43 bits per heavy atom. The molecule has 0 amide bonds. The second kappa shape index (κ2) is 4.53. The Bertz CT molecular complexity index is 242. The van der Waals surface area contributed by atoms with E-state index in [0.717, 1.165) is 0 Å². The summed E-state index contributed by atoms with van der Waals surface area (Å²) < 4.78 is 10.2. The topological polar surface area (TPSA) is 79.2 Å². The Kier molecular flexibility index (Phi) is 4.05. The molecule has 0 saturated carbocycles. The molecule has 0 aromatic carbocycles. The molecule has 1 heterocycles. The van der Waals surface area contributed by atoms with Crippen LogP contribution in [0.1, 0.15) is 6.92 Å². The Morgan fingerprint density at radius 3 is 2.36 bits per heavy atom. The second-order valence-electron chi connectivity index (χ2n) is 3.46. The van der Waals surface area contributed by atoms with Gasteiger partial charge in [0, 0.05) is 6.66 Å². The van der Waals surface area contributed by atoms with Gasteiger partial charge in [-0.05, 0) is 18.7 Å². The summed E-state index contributed by atoms with van der Waals surface area (Å²) in [6.45, 7) is 0.365. The highest BCUT2D eigenvalue weighted by atomic mass is 32.5. The second-order valence-corrected chi connectivity index (χ2v) is 7.36. The largest absolute Gasteiger partial charge is 0.388 e. The van der Waals surface area contributed by atoms with Gasteiger partial charge in [0.15, 0.2) is 6.49 Å². The number of hydrogen-bond acceptors (Lipinski definition) is 5. The smallest absolute Gasteiger partial charge is 0.183 e. The zero-order valence-electron chi connectivity index (χ0n) is 8.03. The average molecular weight is 242 g/mol. The van der Waals surface area contributed by atoms with Gasteiger partial charge in [-0.15, -0.1) is 0 Å². The van der Waals surface area contributed by atoms with Crippen molar-refractivity contribution in [3.63, 3.8) is 0 Å². The Labute approximate surface area is 87.8 Å².